The summed E-state index contributed by atoms with van der Waals surface area (Å²) in [6, 6.07) is 8.30. The molecule has 0 bridgehead atoms. The molecule has 4 N–H and O–H groups in total. The zero-order valence-electron chi connectivity index (χ0n) is 21.1. The molecule has 0 unspecified atom stereocenters. The first-order valence-corrected chi connectivity index (χ1v) is 14.7. The van der Waals surface area contributed by atoms with Crippen LogP contribution in [0.5, 0.6) is 0 Å². The van der Waals surface area contributed by atoms with Crippen LogP contribution in [0.4, 0.5) is 0 Å². The first-order valence-electron chi connectivity index (χ1n) is 11.7. The highest BCUT2D eigenvalue weighted by Gasteiger charge is 2.22. The summed E-state index contributed by atoms with van der Waals surface area (Å²) in [7, 11) is -5.03. The van der Waals surface area contributed by atoms with Crippen molar-refractivity contribution in [1.29, 1.82) is 0 Å². The van der Waals surface area contributed by atoms with E-state index in [1.807, 2.05) is 12.1 Å². The Labute approximate surface area is 208 Å². The number of carbonyl (C=O) groups excluding carboxylic acids is 1. The van der Waals surface area contributed by atoms with Crippen LogP contribution in [-0.2, 0) is 36.1 Å². The van der Waals surface area contributed by atoms with Gasteiger partial charge in [-0.05, 0) is 25.3 Å². The van der Waals surface area contributed by atoms with Crippen LogP contribution in [0.25, 0.3) is 0 Å². The summed E-state index contributed by atoms with van der Waals surface area (Å²) in [6.07, 6.45) is 2.44. The number of hydrogen-bond donors (Lipinski definition) is 4. The van der Waals surface area contributed by atoms with Gasteiger partial charge in [0.1, 0.15) is 6.54 Å². The van der Waals surface area contributed by atoms with Crippen LogP contribution in [0.15, 0.2) is 24.3 Å². The van der Waals surface area contributed by atoms with Crippen LogP contribution < -0.4 is 0 Å². The molecule has 11 nitrogen and oxygen atoms in total. The molecule has 1 aromatic rings. The van der Waals surface area contributed by atoms with Gasteiger partial charge in [-0.15, -0.1) is 0 Å². The molecular formula is C22H41N2O9P2+. The van der Waals surface area contributed by atoms with E-state index in [2.05, 4.69) is 42.2 Å². The molecule has 0 saturated carbocycles. The van der Waals surface area contributed by atoms with Gasteiger partial charge < -0.3 is 29.0 Å². The molecule has 1 aromatic carbocycles. The third-order valence-corrected chi connectivity index (χ3v) is 6.78. The molecule has 0 spiro atoms. The predicted octanol–water partition coefficient (Wildman–Crippen LogP) is 3.03. The summed E-state index contributed by atoms with van der Waals surface area (Å²) in [6.45, 7) is 5.97. The molecule has 0 saturated heterocycles. The molecule has 0 radical (unpaired) electrons. The van der Waals surface area contributed by atoms with Crippen molar-refractivity contribution in [1.82, 2.24) is 4.90 Å². The largest absolute Gasteiger partial charge is 0.469 e. The lowest BCUT2D eigenvalue weighted by Crippen LogP contribution is -2.38. The van der Waals surface area contributed by atoms with Gasteiger partial charge in [-0.1, -0.05) is 37.1 Å². The molecule has 0 aliphatic heterocycles. The van der Waals surface area contributed by atoms with Crippen molar-refractivity contribution in [3.05, 3.63) is 35.4 Å². The Morgan fingerprint density at radius 1 is 0.943 bits per heavy atom. The van der Waals surface area contributed by atoms with E-state index in [4.69, 9.17) is 19.6 Å². The molecule has 35 heavy (non-hydrogen) atoms. The number of amides is 1. The van der Waals surface area contributed by atoms with Gasteiger partial charge in [-0.3, -0.25) is 13.8 Å². The van der Waals surface area contributed by atoms with E-state index in [-0.39, 0.29) is 19.1 Å². The highest BCUT2D eigenvalue weighted by atomic mass is 31.2. The molecule has 0 aliphatic carbocycles. The highest BCUT2D eigenvalue weighted by molar-refractivity contribution is 7.46. The Kier molecular flexibility index (Phi) is 13.3. The number of carbonyl (C=O) groups is 1. The minimum Gasteiger partial charge on any atom is -0.339 e. The maximum atomic E-state index is 12.1. The lowest BCUT2D eigenvalue weighted by molar-refractivity contribution is -0.901. The highest BCUT2D eigenvalue weighted by Crippen LogP contribution is 2.39. The third kappa shape index (κ3) is 15.6. The van der Waals surface area contributed by atoms with E-state index in [0.29, 0.717) is 32.4 Å². The Morgan fingerprint density at radius 2 is 1.46 bits per heavy atom. The van der Waals surface area contributed by atoms with Gasteiger partial charge in [-0.2, -0.15) is 0 Å². The van der Waals surface area contributed by atoms with Gasteiger partial charge in [0.2, 0.25) is 5.91 Å². The quantitative estimate of drug-likeness (QED) is 0.133. The fourth-order valence-corrected chi connectivity index (χ4v) is 4.27. The summed E-state index contributed by atoms with van der Waals surface area (Å²) >= 11 is 0. The van der Waals surface area contributed by atoms with E-state index in [9.17, 15) is 13.9 Å². The van der Waals surface area contributed by atoms with E-state index >= 15 is 0 Å². The third-order valence-electron chi connectivity index (χ3n) is 5.81. The molecule has 0 fully saturated rings. The first-order chi connectivity index (χ1) is 16.1. The topological polar surface area (TPSA) is 154 Å². The van der Waals surface area contributed by atoms with E-state index < -0.39 is 21.6 Å². The maximum Gasteiger partial charge on any atom is 0.469 e. The molecule has 0 atom stereocenters. The Morgan fingerprint density at radius 3 is 1.91 bits per heavy atom. The average molecular weight is 540 g/mol. The lowest BCUT2D eigenvalue weighted by atomic mass is 10.0. The Balaban J connectivity index is 2.52. The number of benzene rings is 1. The van der Waals surface area contributed by atoms with Gasteiger partial charge in [0.25, 0.3) is 0 Å². The second-order valence-electron chi connectivity index (χ2n) is 9.46. The van der Waals surface area contributed by atoms with Crippen LogP contribution >= 0.6 is 15.6 Å². The number of quaternary nitrogens is 1. The van der Waals surface area contributed by atoms with Crippen LogP contribution in [-0.4, -0.2) is 75.3 Å². The summed E-state index contributed by atoms with van der Waals surface area (Å²) in [5, 5.41) is 0. The molecule has 0 aromatic heterocycles. The standard InChI is InChI=1S/C22H40N2O9P2/c1-5-24(3,4)16-21-12-10-20(11-13-21)15-23(19(2)25)14-8-6-7-9-22(17-32-34(26,27)28)18-33-35(29,30)31/h10-13,22H,5-9,14-18H2,1-4H3,(H3-,26,27,28,29,30,31)/p+1. The van der Waals surface area contributed by atoms with Crippen molar-refractivity contribution in [3.8, 4) is 0 Å². The minimum atomic E-state index is -4.70. The van der Waals surface area contributed by atoms with Crippen LogP contribution in [0.3, 0.4) is 0 Å². The monoisotopic (exact) mass is 539 g/mol. The minimum absolute atomic E-state index is 0.0270. The fourth-order valence-electron chi connectivity index (χ4n) is 3.46. The van der Waals surface area contributed by atoms with Gasteiger partial charge in [-0.25, -0.2) is 9.13 Å². The maximum absolute atomic E-state index is 12.1. The van der Waals surface area contributed by atoms with E-state index in [1.54, 1.807) is 4.90 Å². The number of phosphoric ester groups is 2. The SMILES string of the molecule is CC[N+](C)(C)Cc1ccc(CN(CCCCCC(COP(=O)(O)O)COP(=O)(O)O)C(C)=O)cc1. The van der Waals surface area contributed by atoms with Crippen molar-refractivity contribution in [3.63, 3.8) is 0 Å². The van der Waals surface area contributed by atoms with Crippen LogP contribution in [0.2, 0.25) is 0 Å². The molecule has 1 amide bonds. The Bertz CT molecular complexity index is 842. The van der Waals surface area contributed by atoms with Gasteiger partial charge >= 0.3 is 15.6 Å². The van der Waals surface area contributed by atoms with Crippen molar-refractivity contribution in [2.75, 3.05) is 40.4 Å². The van der Waals surface area contributed by atoms with Gasteiger partial charge in [0.05, 0.1) is 33.9 Å². The van der Waals surface area contributed by atoms with Gasteiger partial charge in [0.15, 0.2) is 0 Å². The summed E-state index contributed by atoms with van der Waals surface area (Å²) in [4.78, 5) is 49.4. The lowest BCUT2D eigenvalue weighted by Gasteiger charge is -2.28. The second-order valence-corrected chi connectivity index (χ2v) is 11.9. The first kappa shape index (κ1) is 31.9. The van der Waals surface area contributed by atoms with Crippen molar-refractivity contribution >= 4 is 21.6 Å². The predicted molar refractivity (Wildman–Crippen MR) is 132 cm³/mol. The molecule has 0 heterocycles. The fraction of sp³-hybridized carbons (Fsp3) is 0.682. The number of phosphoric acid groups is 2. The smallest absolute Gasteiger partial charge is 0.339 e. The normalized spacial score (nSPS) is 12.8. The second kappa shape index (κ2) is 14.6. The number of hydrogen-bond acceptors (Lipinski definition) is 5. The van der Waals surface area contributed by atoms with E-state index in [1.165, 1.54) is 12.5 Å². The zero-order chi connectivity index (χ0) is 26.7. The molecule has 0 aliphatic rings. The van der Waals surface area contributed by atoms with Gasteiger partial charge in [0, 0.05) is 31.5 Å². The molecular weight excluding hydrogens is 498 g/mol. The average Bonchev–Trinajstić information content (AvgIpc) is 2.73. The number of rotatable bonds is 17. The van der Waals surface area contributed by atoms with Crippen LogP contribution in [0, 0.1) is 5.92 Å². The van der Waals surface area contributed by atoms with Crippen molar-refractivity contribution in [2.24, 2.45) is 5.92 Å². The Hall–Kier alpha value is -1.13. The summed E-state index contributed by atoms with van der Waals surface area (Å²) in [5.41, 5.74) is 2.30. The molecule has 202 valence electrons. The molecule has 1 rings (SSSR count). The summed E-state index contributed by atoms with van der Waals surface area (Å²) < 4.78 is 31.7. The summed E-state index contributed by atoms with van der Waals surface area (Å²) in [5.74, 6) is -0.616. The zero-order valence-corrected chi connectivity index (χ0v) is 22.9. The van der Waals surface area contributed by atoms with Crippen molar-refractivity contribution < 1.29 is 47.0 Å². The number of unbranched alkanes of at least 4 members (excludes halogenated alkanes) is 2. The number of nitrogens with zero attached hydrogens (tertiary/aromatic N) is 2. The van der Waals surface area contributed by atoms with E-state index in [0.717, 1.165) is 29.6 Å². The molecule has 13 heteroatoms. The van der Waals surface area contributed by atoms with Crippen molar-refractivity contribution in [2.45, 2.75) is 52.6 Å². The van der Waals surface area contributed by atoms with Crippen LogP contribution in [0.1, 0.15) is 50.7 Å².